The molecule has 104 valence electrons. The van der Waals surface area contributed by atoms with Gasteiger partial charge in [0.2, 0.25) is 5.91 Å². The van der Waals surface area contributed by atoms with Crippen LogP contribution in [0, 0.1) is 11.8 Å². The molecule has 0 radical (unpaired) electrons. The molecule has 1 N–H and O–H groups in total. The summed E-state index contributed by atoms with van der Waals surface area (Å²) in [7, 11) is 3.39. The highest BCUT2D eigenvalue weighted by molar-refractivity contribution is 8.76. The third kappa shape index (κ3) is 10.8. The average molecular weight is 291 g/mol. The smallest absolute Gasteiger partial charge is 0.246 e. The summed E-state index contributed by atoms with van der Waals surface area (Å²) in [5, 5.41) is 2.63. The lowest BCUT2D eigenvalue weighted by atomic mass is 10.5. The summed E-state index contributed by atoms with van der Waals surface area (Å²) in [4.78, 5) is 11.2. The van der Waals surface area contributed by atoms with Crippen LogP contribution in [-0.4, -0.2) is 44.0 Å². The van der Waals surface area contributed by atoms with Crippen molar-refractivity contribution in [3.05, 3.63) is 0 Å². The van der Waals surface area contributed by atoms with Crippen molar-refractivity contribution in [3.8, 4) is 11.8 Å². The van der Waals surface area contributed by atoms with Gasteiger partial charge in [-0.3, -0.25) is 4.79 Å². The highest BCUT2D eigenvalue weighted by Crippen LogP contribution is 2.26. The van der Waals surface area contributed by atoms with Crippen LogP contribution in [0.25, 0.3) is 0 Å². The number of hydrogen-bond donors (Lipinski definition) is 1. The molecule has 0 heterocycles. The summed E-state index contributed by atoms with van der Waals surface area (Å²) in [6, 6.07) is 0. The van der Waals surface area contributed by atoms with Crippen molar-refractivity contribution in [2.45, 2.75) is 25.7 Å². The molecule has 0 aliphatic rings. The first-order chi connectivity index (χ1) is 8.74. The fraction of sp³-hybridized carbons (Fsp3) is 0.750. The average Bonchev–Trinajstić information content (AvgIpc) is 2.37. The summed E-state index contributed by atoms with van der Waals surface area (Å²) < 4.78 is 10.8. The van der Waals surface area contributed by atoms with E-state index < -0.39 is 0 Å². The summed E-state index contributed by atoms with van der Waals surface area (Å²) in [6.45, 7) is 5.18. The van der Waals surface area contributed by atoms with Crippen molar-refractivity contribution >= 4 is 27.5 Å². The maximum Gasteiger partial charge on any atom is 0.246 e. The second-order valence-corrected chi connectivity index (χ2v) is 5.86. The molecule has 1 unspecified atom stereocenters. The zero-order chi connectivity index (χ0) is 13.6. The van der Waals surface area contributed by atoms with E-state index in [1.807, 2.05) is 6.26 Å². The van der Waals surface area contributed by atoms with Gasteiger partial charge in [-0.2, -0.15) is 0 Å². The van der Waals surface area contributed by atoms with Gasteiger partial charge >= 0.3 is 0 Å². The molecule has 1 amide bonds. The molecule has 0 saturated carbocycles. The third-order valence-corrected chi connectivity index (χ3v) is 3.95. The van der Waals surface area contributed by atoms with Crippen molar-refractivity contribution in [2.24, 2.45) is 0 Å². The van der Waals surface area contributed by atoms with Crippen molar-refractivity contribution < 1.29 is 14.3 Å². The molecule has 0 aromatic carbocycles. The maximum absolute atomic E-state index is 11.2. The Labute approximate surface area is 117 Å². The molecular formula is C12H21NO3S2. The Morgan fingerprint density at radius 2 is 2.22 bits per heavy atom. The van der Waals surface area contributed by atoms with Crippen LogP contribution in [0.5, 0.6) is 0 Å². The Kier molecular flexibility index (Phi) is 12.8. The lowest BCUT2D eigenvalue weighted by Crippen LogP contribution is -2.28. The van der Waals surface area contributed by atoms with Crippen LogP contribution >= 0.6 is 21.6 Å². The molecule has 0 fully saturated rings. The fourth-order valence-electron chi connectivity index (χ4n) is 1.01. The van der Waals surface area contributed by atoms with Gasteiger partial charge in [0, 0.05) is 0 Å². The molecule has 18 heavy (non-hydrogen) atoms. The first kappa shape index (κ1) is 17.6. The van der Waals surface area contributed by atoms with Gasteiger partial charge in [-0.1, -0.05) is 34.4 Å². The lowest BCUT2D eigenvalue weighted by Gasteiger charge is -2.13. The molecule has 4 nitrogen and oxygen atoms in total. The van der Waals surface area contributed by atoms with Crippen LogP contribution in [-0.2, 0) is 14.3 Å². The largest absolute Gasteiger partial charge is 0.369 e. The van der Waals surface area contributed by atoms with Crippen molar-refractivity contribution in [3.63, 3.8) is 0 Å². The molecule has 1 atom stereocenters. The molecule has 0 bridgehead atoms. The summed E-state index contributed by atoms with van der Waals surface area (Å²) >= 11 is 0. The van der Waals surface area contributed by atoms with Crippen LogP contribution in [0.15, 0.2) is 0 Å². The number of ether oxygens (including phenoxy) is 2. The molecule has 6 heteroatoms. The van der Waals surface area contributed by atoms with E-state index in [0.717, 1.165) is 6.42 Å². The first-order valence-corrected chi connectivity index (χ1v) is 8.41. The molecule has 0 aromatic heterocycles. The second kappa shape index (κ2) is 13.1. The van der Waals surface area contributed by atoms with E-state index >= 15 is 0 Å². The molecule has 0 rings (SSSR count). The monoisotopic (exact) mass is 291 g/mol. The zero-order valence-electron chi connectivity index (χ0n) is 11.2. The summed E-state index contributed by atoms with van der Waals surface area (Å²) in [6.07, 6.45) is 2.98. The van der Waals surface area contributed by atoms with Crippen LogP contribution in [0.2, 0.25) is 0 Å². The normalized spacial score (nSPS) is 11.5. The zero-order valence-corrected chi connectivity index (χ0v) is 12.8. The topological polar surface area (TPSA) is 47.6 Å². The van der Waals surface area contributed by atoms with E-state index in [1.54, 1.807) is 28.5 Å². The molecule has 0 aliphatic heterocycles. The van der Waals surface area contributed by atoms with Crippen LogP contribution < -0.4 is 5.32 Å². The Balaban J connectivity index is 3.42. The number of carbonyl (C=O) groups excluding carboxylic acids is 1. The van der Waals surface area contributed by atoms with E-state index in [0.29, 0.717) is 19.8 Å². The number of rotatable bonds is 10. The van der Waals surface area contributed by atoms with Gasteiger partial charge in [-0.25, -0.2) is 0 Å². The van der Waals surface area contributed by atoms with Crippen LogP contribution in [0.1, 0.15) is 20.3 Å². The quantitative estimate of drug-likeness (QED) is 0.288. The minimum atomic E-state index is -0.150. The molecule has 0 aliphatic carbocycles. The van der Waals surface area contributed by atoms with Crippen LogP contribution in [0.4, 0.5) is 0 Å². The van der Waals surface area contributed by atoms with Gasteiger partial charge in [0.25, 0.3) is 0 Å². The Bertz CT molecular complexity index is 276. The van der Waals surface area contributed by atoms with E-state index in [9.17, 15) is 4.79 Å². The number of amides is 1. The standard InChI is InChI=1S/C12H21NO3S2/c1-4-6-7-13-11(14)10-15-8-9-16-12(5-2)18-17-3/h12H,5,7-10H2,1-3H3,(H,13,14). The van der Waals surface area contributed by atoms with Gasteiger partial charge in [-0.05, 0) is 19.6 Å². The molecule has 0 spiro atoms. The maximum atomic E-state index is 11.2. The number of carbonyl (C=O) groups is 1. The van der Waals surface area contributed by atoms with Gasteiger partial charge in [0.1, 0.15) is 12.0 Å². The minimum Gasteiger partial charge on any atom is -0.369 e. The number of hydrogen-bond acceptors (Lipinski definition) is 5. The lowest BCUT2D eigenvalue weighted by molar-refractivity contribution is -0.126. The predicted molar refractivity (Wildman–Crippen MR) is 78.4 cm³/mol. The van der Waals surface area contributed by atoms with Crippen molar-refractivity contribution in [1.82, 2.24) is 5.32 Å². The predicted octanol–water partition coefficient (Wildman–Crippen LogP) is 1.91. The Morgan fingerprint density at radius 1 is 1.44 bits per heavy atom. The van der Waals surface area contributed by atoms with E-state index in [1.165, 1.54) is 0 Å². The molecule has 0 saturated heterocycles. The van der Waals surface area contributed by atoms with Gasteiger partial charge in [-0.15, -0.1) is 5.92 Å². The third-order valence-electron chi connectivity index (χ3n) is 1.85. The molecular weight excluding hydrogens is 270 g/mol. The van der Waals surface area contributed by atoms with Gasteiger partial charge in [0.05, 0.1) is 19.8 Å². The SMILES string of the molecule is CC#CCNC(=O)COCCOC(CC)SSC. The second-order valence-electron chi connectivity index (χ2n) is 3.23. The Morgan fingerprint density at radius 3 is 2.83 bits per heavy atom. The van der Waals surface area contributed by atoms with E-state index in [-0.39, 0.29) is 18.0 Å². The van der Waals surface area contributed by atoms with Crippen molar-refractivity contribution in [2.75, 3.05) is 32.6 Å². The molecule has 0 aromatic rings. The van der Waals surface area contributed by atoms with Gasteiger partial charge in [0.15, 0.2) is 0 Å². The summed E-state index contributed by atoms with van der Waals surface area (Å²) in [5.74, 6) is 5.30. The highest BCUT2D eigenvalue weighted by atomic mass is 33.1. The van der Waals surface area contributed by atoms with E-state index in [4.69, 9.17) is 9.47 Å². The first-order valence-electron chi connectivity index (χ1n) is 5.79. The summed E-state index contributed by atoms with van der Waals surface area (Å²) in [5.41, 5.74) is 0.192. The van der Waals surface area contributed by atoms with Gasteiger partial charge < -0.3 is 14.8 Å². The Hall–Kier alpha value is -0.350. The van der Waals surface area contributed by atoms with Crippen molar-refractivity contribution in [1.29, 1.82) is 0 Å². The highest BCUT2D eigenvalue weighted by Gasteiger charge is 2.06. The van der Waals surface area contributed by atoms with Crippen LogP contribution in [0.3, 0.4) is 0 Å². The fourth-order valence-corrected chi connectivity index (χ4v) is 2.73. The van der Waals surface area contributed by atoms with E-state index in [2.05, 4.69) is 24.1 Å². The number of nitrogens with one attached hydrogen (secondary N) is 1. The minimum absolute atomic E-state index is 0.0568.